The number of hydrogen-bond donors (Lipinski definition) is 0. The second-order valence-electron chi connectivity index (χ2n) is 8.29. The minimum absolute atomic E-state index is 0.0434. The molecular weight excluding hydrogens is 357 g/mol. The van der Waals surface area contributed by atoms with Gasteiger partial charge in [-0.25, -0.2) is 4.39 Å². The summed E-state index contributed by atoms with van der Waals surface area (Å²) < 4.78 is 18.9. The predicted molar refractivity (Wildman–Crippen MR) is 104 cm³/mol. The highest BCUT2D eigenvalue weighted by Crippen LogP contribution is 2.28. The summed E-state index contributed by atoms with van der Waals surface area (Å²) in [5.41, 5.74) is 1.84. The molecule has 0 N–H and O–H groups in total. The van der Waals surface area contributed by atoms with E-state index in [1.165, 1.54) is 6.07 Å². The van der Waals surface area contributed by atoms with E-state index in [0.29, 0.717) is 11.7 Å². The summed E-state index contributed by atoms with van der Waals surface area (Å²) in [5.74, 6) is 1.04. The van der Waals surface area contributed by atoms with Crippen LogP contribution in [-0.4, -0.2) is 47.0 Å². The number of amides is 1. The third kappa shape index (κ3) is 4.43. The summed E-state index contributed by atoms with van der Waals surface area (Å²) in [6.07, 6.45) is 4.18. The molecule has 0 unspecified atom stereocenters. The summed E-state index contributed by atoms with van der Waals surface area (Å²) in [4.78, 5) is 16.9. The number of carbonyl (C=O) groups excluding carboxylic acids is 1. The first-order valence-corrected chi connectivity index (χ1v) is 10.3. The molecule has 1 aromatic carbocycles. The number of hydrogen-bond acceptors (Lipinski definition) is 4. The number of piperidine rings is 2. The van der Waals surface area contributed by atoms with Crippen molar-refractivity contribution in [2.75, 3.05) is 26.2 Å². The van der Waals surface area contributed by atoms with Gasteiger partial charge in [0.25, 0.3) is 5.91 Å². The zero-order chi connectivity index (χ0) is 19.5. The SMILES string of the molecule is CC1CCN(C(=O)c2cc([C@H]3CCCN(Cc4cccc(F)c4)C3)no2)CC1. The molecule has 28 heavy (non-hydrogen) atoms. The van der Waals surface area contributed by atoms with Crippen molar-refractivity contribution in [1.82, 2.24) is 15.0 Å². The van der Waals surface area contributed by atoms with Crippen LogP contribution in [0.1, 0.15) is 60.3 Å². The molecule has 6 heteroatoms. The van der Waals surface area contributed by atoms with Crippen LogP contribution in [0.2, 0.25) is 0 Å². The second kappa shape index (κ2) is 8.43. The van der Waals surface area contributed by atoms with Crippen LogP contribution in [0.3, 0.4) is 0 Å². The molecule has 1 atom stereocenters. The molecule has 0 bridgehead atoms. The number of likely N-dealkylation sites (tertiary alicyclic amines) is 2. The molecule has 1 amide bonds. The lowest BCUT2D eigenvalue weighted by molar-refractivity contribution is 0.0655. The van der Waals surface area contributed by atoms with Crippen molar-refractivity contribution in [2.45, 2.75) is 45.1 Å². The first-order valence-electron chi connectivity index (χ1n) is 10.3. The first-order chi connectivity index (χ1) is 13.6. The minimum atomic E-state index is -0.196. The average Bonchev–Trinajstić information content (AvgIpc) is 3.19. The predicted octanol–water partition coefficient (Wildman–Crippen LogP) is 4.07. The molecule has 2 aliphatic rings. The molecule has 2 saturated heterocycles. The molecule has 0 saturated carbocycles. The summed E-state index contributed by atoms with van der Waals surface area (Å²) in [5, 5.41) is 4.22. The molecule has 150 valence electrons. The van der Waals surface area contributed by atoms with E-state index < -0.39 is 0 Å². The zero-order valence-electron chi connectivity index (χ0n) is 16.4. The molecule has 2 fully saturated rings. The number of nitrogens with zero attached hydrogens (tertiary/aromatic N) is 3. The minimum Gasteiger partial charge on any atom is -0.351 e. The van der Waals surface area contributed by atoms with Crippen LogP contribution in [0, 0.1) is 11.7 Å². The topological polar surface area (TPSA) is 49.6 Å². The lowest BCUT2D eigenvalue weighted by Crippen LogP contribution is -2.37. The van der Waals surface area contributed by atoms with Gasteiger partial charge in [-0.15, -0.1) is 0 Å². The maximum Gasteiger partial charge on any atom is 0.292 e. The van der Waals surface area contributed by atoms with Crippen LogP contribution in [0.15, 0.2) is 34.9 Å². The van der Waals surface area contributed by atoms with Crippen molar-refractivity contribution >= 4 is 5.91 Å². The van der Waals surface area contributed by atoms with Gasteiger partial charge < -0.3 is 9.42 Å². The van der Waals surface area contributed by atoms with E-state index in [4.69, 9.17) is 4.52 Å². The van der Waals surface area contributed by atoms with E-state index in [9.17, 15) is 9.18 Å². The Balaban J connectivity index is 1.38. The third-order valence-corrected chi connectivity index (χ3v) is 6.03. The van der Waals surface area contributed by atoms with E-state index in [1.807, 2.05) is 17.0 Å². The highest BCUT2D eigenvalue weighted by molar-refractivity contribution is 5.91. The Labute approximate surface area is 165 Å². The molecule has 0 aliphatic carbocycles. The largest absolute Gasteiger partial charge is 0.351 e. The highest BCUT2D eigenvalue weighted by atomic mass is 19.1. The van der Waals surface area contributed by atoms with Gasteiger partial charge in [-0.3, -0.25) is 9.69 Å². The van der Waals surface area contributed by atoms with Crippen molar-refractivity contribution < 1.29 is 13.7 Å². The Hall–Kier alpha value is -2.21. The van der Waals surface area contributed by atoms with E-state index in [2.05, 4.69) is 17.0 Å². The number of aromatic nitrogens is 1. The molecule has 5 nitrogen and oxygen atoms in total. The Bertz CT molecular complexity index is 814. The maximum atomic E-state index is 13.4. The Morgan fingerprint density at radius 3 is 2.82 bits per heavy atom. The molecular formula is C22H28FN3O2. The number of rotatable bonds is 4. The normalized spacial score (nSPS) is 21.8. The van der Waals surface area contributed by atoms with Crippen LogP contribution in [0.5, 0.6) is 0 Å². The van der Waals surface area contributed by atoms with Gasteiger partial charge in [0.1, 0.15) is 5.82 Å². The van der Waals surface area contributed by atoms with Crippen molar-refractivity contribution in [3.63, 3.8) is 0 Å². The number of halogens is 1. The van der Waals surface area contributed by atoms with Crippen molar-refractivity contribution in [3.05, 3.63) is 53.2 Å². The third-order valence-electron chi connectivity index (χ3n) is 6.03. The van der Waals surface area contributed by atoms with Gasteiger partial charge in [0.2, 0.25) is 5.76 Å². The fourth-order valence-electron chi connectivity index (χ4n) is 4.28. The highest BCUT2D eigenvalue weighted by Gasteiger charge is 2.28. The monoisotopic (exact) mass is 385 g/mol. The summed E-state index contributed by atoms with van der Waals surface area (Å²) >= 11 is 0. The van der Waals surface area contributed by atoms with E-state index in [1.54, 1.807) is 12.1 Å². The van der Waals surface area contributed by atoms with Gasteiger partial charge in [-0.2, -0.15) is 0 Å². The quantitative estimate of drug-likeness (QED) is 0.796. The van der Waals surface area contributed by atoms with Gasteiger partial charge in [0.15, 0.2) is 0 Å². The Morgan fingerprint density at radius 1 is 1.21 bits per heavy atom. The van der Waals surface area contributed by atoms with Crippen LogP contribution >= 0.6 is 0 Å². The fourth-order valence-corrected chi connectivity index (χ4v) is 4.28. The van der Waals surface area contributed by atoms with E-state index >= 15 is 0 Å². The van der Waals surface area contributed by atoms with Crippen molar-refractivity contribution in [3.8, 4) is 0 Å². The molecule has 1 aromatic heterocycles. The fraction of sp³-hybridized carbons (Fsp3) is 0.545. The molecule has 4 rings (SSSR count). The van der Waals surface area contributed by atoms with Crippen LogP contribution in [0.25, 0.3) is 0 Å². The zero-order valence-corrected chi connectivity index (χ0v) is 16.4. The standard InChI is InChI=1S/C22H28FN3O2/c1-16-7-10-26(11-8-16)22(27)21-13-20(24-28-21)18-5-3-9-25(15-18)14-17-4-2-6-19(23)12-17/h2,4,6,12-13,16,18H,3,5,7-11,14-15H2,1H3/t18-/m0/s1. The van der Waals surface area contributed by atoms with Crippen molar-refractivity contribution in [2.24, 2.45) is 5.92 Å². The van der Waals surface area contributed by atoms with Gasteiger partial charge in [0.05, 0.1) is 5.69 Å². The van der Waals surface area contributed by atoms with Crippen LogP contribution in [-0.2, 0) is 6.54 Å². The second-order valence-corrected chi connectivity index (χ2v) is 8.29. The lowest BCUT2D eigenvalue weighted by atomic mass is 9.94. The number of carbonyl (C=O) groups is 1. The van der Waals surface area contributed by atoms with Crippen molar-refractivity contribution in [1.29, 1.82) is 0 Å². The van der Waals surface area contributed by atoms with Gasteiger partial charge >= 0.3 is 0 Å². The van der Waals surface area contributed by atoms with Gasteiger partial charge in [-0.1, -0.05) is 24.2 Å². The van der Waals surface area contributed by atoms with E-state index in [0.717, 1.165) is 69.7 Å². The molecule has 0 radical (unpaired) electrons. The molecule has 2 aromatic rings. The molecule has 0 spiro atoms. The van der Waals surface area contributed by atoms with E-state index in [-0.39, 0.29) is 17.6 Å². The molecule has 2 aliphatic heterocycles. The summed E-state index contributed by atoms with van der Waals surface area (Å²) in [6, 6.07) is 8.61. The lowest BCUT2D eigenvalue weighted by Gasteiger charge is -2.31. The van der Waals surface area contributed by atoms with Gasteiger partial charge in [-0.05, 0) is 55.8 Å². The Morgan fingerprint density at radius 2 is 2.04 bits per heavy atom. The molecule has 3 heterocycles. The summed E-state index contributed by atoms with van der Waals surface area (Å²) in [7, 11) is 0. The smallest absolute Gasteiger partial charge is 0.292 e. The Kier molecular flexibility index (Phi) is 5.76. The van der Waals surface area contributed by atoms with Gasteiger partial charge in [0, 0.05) is 38.2 Å². The maximum absolute atomic E-state index is 13.4. The first kappa shape index (κ1) is 19.1. The van der Waals surface area contributed by atoms with Crippen LogP contribution in [0.4, 0.5) is 4.39 Å². The summed E-state index contributed by atoms with van der Waals surface area (Å²) in [6.45, 7) is 6.37. The average molecular weight is 385 g/mol. The number of benzene rings is 1. The van der Waals surface area contributed by atoms with Crippen LogP contribution < -0.4 is 0 Å².